The van der Waals surface area contributed by atoms with Gasteiger partial charge < -0.3 is 9.64 Å². The Hall–Kier alpha value is -4.35. The van der Waals surface area contributed by atoms with Crippen molar-refractivity contribution in [1.29, 1.82) is 0 Å². The van der Waals surface area contributed by atoms with Crippen LogP contribution in [0.3, 0.4) is 0 Å². The minimum Gasteiger partial charge on any atom is -0.378 e. The lowest BCUT2D eigenvalue weighted by molar-refractivity contribution is 0.0303. The number of rotatable bonds is 2. The molecule has 0 unspecified atom stereocenters. The van der Waals surface area contributed by atoms with Crippen LogP contribution in [0.1, 0.15) is 32.9 Å². The number of pyridine rings is 1. The minimum absolute atomic E-state index is 0.0260. The summed E-state index contributed by atoms with van der Waals surface area (Å²) in [6.45, 7) is 3.02. The zero-order valence-corrected chi connectivity index (χ0v) is 18.3. The molecule has 2 aliphatic heterocycles. The number of morpholine rings is 1. The van der Waals surface area contributed by atoms with E-state index in [0.717, 1.165) is 33.8 Å². The standard InChI is InChI=1S/C26H20N6O2/c33-26(31-9-11-34-12-10-31)20-3-1-19(2-4-20)24-17-32-21(13-30-25(32)16-29-24)6-5-18-7-8-28-23-15-27-14-22(18)23/h1-4,7-8,13-14,16-17H,9-12,15H2. The van der Waals surface area contributed by atoms with Crippen LogP contribution in [0.2, 0.25) is 0 Å². The molecular formula is C26H20N6O2. The van der Waals surface area contributed by atoms with Crippen LogP contribution in [0.5, 0.6) is 0 Å². The van der Waals surface area contributed by atoms with E-state index in [0.29, 0.717) is 44.1 Å². The first-order chi connectivity index (χ1) is 16.8. The Balaban J connectivity index is 1.28. The van der Waals surface area contributed by atoms with Crippen LogP contribution in [0.4, 0.5) is 0 Å². The minimum atomic E-state index is 0.0260. The van der Waals surface area contributed by atoms with Crippen LogP contribution in [-0.4, -0.2) is 62.7 Å². The van der Waals surface area contributed by atoms with Crippen LogP contribution in [0.25, 0.3) is 16.9 Å². The van der Waals surface area contributed by atoms with Crippen molar-refractivity contribution in [2.45, 2.75) is 6.54 Å². The predicted molar refractivity (Wildman–Crippen MR) is 127 cm³/mol. The molecule has 1 amide bonds. The second-order valence-electron chi connectivity index (χ2n) is 8.06. The number of aromatic nitrogens is 4. The molecule has 0 atom stereocenters. The van der Waals surface area contributed by atoms with E-state index in [1.165, 1.54) is 0 Å². The fraction of sp³-hybridized carbons (Fsp3) is 0.192. The first-order valence-electron chi connectivity index (χ1n) is 11.1. The maximum atomic E-state index is 12.7. The molecule has 8 heteroatoms. The molecule has 4 aromatic rings. The number of fused-ring (bicyclic) bond motifs is 2. The highest BCUT2D eigenvalue weighted by Gasteiger charge is 2.18. The summed E-state index contributed by atoms with van der Waals surface area (Å²) in [7, 11) is 0. The first-order valence-corrected chi connectivity index (χ1v) is 11.1. The molecule has 6 rings (SSSR count). The summed E-state index contributed by atoms with van der Waals surface area (Å²) in [4.78, 5) is 32.1. The number of hydrogen-bond acceptors (Lipinski definition) is 6. The van der Waals surface area contributed by atoms with Gasteiger partial charge in [-0.25, -0.2) is 4.98 Å². The summed E-state index contributed by atoms with van der Waals surface area (Å²) in [6.07, 6.45) is 8.99. The summed E-state index contributed by atoms with van der Waals surface area (Å²) < 4.78 is 7.26. The average Bonchev–Trinajstić information content (AvgIpc) is 3.55. The number of imidazole rings is 1. The molecule has 0 N–H and O–H groups in total. The van der Waals surface area contributed by atoms with Gasteiger partial charge in [0.2, 0.25) is 0 Å². The van der Waals surface area contributed by atoms with Crippen molar-refractivity contribution in [3.05, 3.63) is 83.2 Å². The Labute approximate surface area is 196 Å². The maximum absolute atomic E-state index is 12.7. The van der Waals surface area contributed by atoms with Gasteiger partial charge in [-0.1, -0.05) is 18.1 Å². The molecule has 5 heterocycles. The number of aliphatic imine (C=N–C) groups is 1. The number of ether oxygens (including phenoxy) is 1. The van der Waals surface area contributed by atoms with Gasteiger partial charge in [-0.15, -0.1) is 0 Å². The topological polar surface area (TPSA) is 85.0 Å². The molecule has 1 saturated heterocycles. The lowest BCUT2D eigenvalue weighted by Crippen LogP contribution is -2.40. The zero-order valence-electron chi connectivity index (χ0n) is 18.3. The molecule has 0 spiro atoms. The van der Waals surface area contributed by atoms with Crippen molar-refractivity contribution in [3.63, 3.8) is 0 Å². The Kier molecular flexibility index (Phi) is 5.09. The molecule has 8 nitrogen and oxygen atoms in total. The van der Waals surface area contributed by atoms with Gasteiger partial charge in [0.25, 0.3) is 5.91 Å². The fourth-order valence-electron chi connectivity index (χ4n) is 4.11. The lowest BCUT2D eigenvalue weighted by atomic mass is 10.1. The highest BCUT2D eigenvalue weighted by Crippen LogP contribution is 2.20. The van der Waals surface area contributed by atoms with Gasteiger partial charge in [0.05, 0.1) is 43.5 Å². The number of carbonyl (C=O) groups is 1. The first kappa shape index (κ1) is 20.3. The van der Waals surface area contributed by atoms with E-state index in [1.54, 1.807) is 18.6 Å². The number of amides is 1. The van der Waals surface area contributed by atoms with Crippen molar-refractivity contribution in [2.24, 2.45) is 4.99 Å². The number of benzene rings is 1. The Morgan fingerprint density at radius 2 is 1.82 bits per heavy atom. The third-order valence-electron chi connectivity index (χ3n) is 5.98. The van der Waals surface area contributed by atoms with Crippen molar-refractivity contribution in [1.82, 2.24) is 24.3 Å². The summed E-state index contributed by atoms with van der Waals surface area (Å²) in [6, 6.07) is 9.44. The van der Waals surface area contributed by atoms with Crippen molar-refractivity contribution < 1.29 is 9.53 Å². The molecule has 1 fully saturated rings. The van der Waals surface area contributed by atoms with E-state index in [4.69, 9.17) is 4.74 Å². The van der Waals surface area contributed by atoms with Crippen LogP contribution in [0.15, 0.2) is 60.1 Å². The second-order valence-corrected chi connectivity index (χ2v) is 8.06. The Bertz CT molecular complexity index is 1490. The normalized spacial score (nSPS) is 14.6. The monoisotopic (exact) mass is 448 g/mol. The molecule has 166 valence electrons. The molecule has 1 aromatic carbocycles. The molecule has 0 saturated carbocycles. The van der Waals surface area contributed by atoms with E-state index in [1.807, 2.05) is 52.0 Å². The van der Waals surface area contributed by atoms with Gasteiger partial charge in [0, 0.05) is 54.0 Å². The fourth-order valence-corrected chi connectivity index (χ4v) is 4.11. The third-order valence-corrected chi connectivity index (χ3v) is 5.98. The van der Waals surface area contributed by atoms with Gasteiger partial charge in [-0.2, -0.15) is 0 Å². The van der Waals surface area contributed by atoms with Crippen LogP contribution >= 0.6 is 0 Å². The summed E-state index contributed by atoms with van der Waals surface area (Å²) in [5.41, 5.74) is 6.66. The van der Waals surface area contributed by atoms with Crippen LogP contribution < -0.4 is 0 Å². The Morgan fingerprint density at radius 3 is 2.68 bits per heavy atom. The van der Waals surface area contributed by atoms with Crippen molar-refractivity contribution in [3.8, 4) is 23.1 Å². The number of carbonyl (C=O) groups excluding carboxylic acids is 1. The van der Waals surface area contributed by atoms with Crippen molar-refractivity contribution in [2.75, 3.05) is 26.3 Å². The lowest BCUT2D eigenvalue weighted by Gasteiger charge is -2.26. The summed E-state index contributed by atoms with van der Waals surface area (Å²) in [5.74, 6) is 6.49. The van der Waals surface area contributed by atoms with Gasteiger partial charge in [-0.3, -0.25) is 24.2 Å². The van der Waals surface area contributed by atoms with Gasteiger partial charge >= 0.3 is 0 Å². The summed E-state index contributed by atoms with van der Waals surface area (Å²) >= 11 is 0. The molecular weight excluding hydrogens is 428 g/mol. The summed E-state index contributed by atoms with van der Waals surface area (Å²) in [5, 5.41) is 0. The largest absolute Gasteiger partial charge is 0.378 e. The average molecular weight is 448 g/mol. The molecule has 0 aliphatic carbocycles. The van der Waals surface area contributed by atoms with Gasteiger partial charge in [0.1, 0.15) is 5.69 Å². The van der Waals surface area contributed by atoms with Crippen LogP contribution in [-0.2, 0) is 11.3 Å². The van der Waals surface area contributed by atoms with Gasteiger partial charge in [-0.05, 0) is 24.1 Å². The molecule has 34 heavy (non-hydrogen) atoms. The number of hydrogen-bond donors (Lipinski definition) is 0. The highest BCUT2D eigenvalue weighted by molar-refractivity contribution is 5.94. The maximum Gasteiger partial charge on any atom is 0.254 e. The predicted octanol–water partition coefficient (Wildman–Crippen LogP) is 2.60. The molecule has 3 aromatic heterocycles. The van der Waals surface area contributed by atoms with Crippen LogP contribution in [0, 0.1) is 11.8 Å². The second kappa shape index (κ2) is 8.54. The van der Waals surface area contributed by atoms with E-state index < -0.39 is 0 Å². The van der Waals surface area contributed by atoms with E-state index >= 15 is 0 Å². The number of nitrogens with zero attached hydrogens (tertiary/aromatic N) is 6. The Morgan fingerprint density at radius 1 is 0.971 bits per heavy atom. The SMILES string of the molecule is O=C(c1ccc(-c2cn3c(C#Cc4ccnc5c4C=NC5)cnc3cn2)cc1)N1CCOCC1. The van der Waals surface area contributed by atoms with E-state index in [9.17, 15) is 4.79 Å². The van der Waals surface area contributed by atoms with E-state index in [2.05, 4.69) is 31.8 Å². The van der Waals surface area contributed by atoms with Crippen molar-refractivity contribution >= 4 is 17.8 Å². The zero-order chi connectivity index (χ0) is 22.9. The third kappa shape index (κ3) is 3.72. The quantitative estimate of drug-likeness (QED) is 0.440. The molecule has 0 radical (unpaired) electrons. The van der Waals surface area contributed by atoms with E-state index in [-0.39, 0.29) is 5.91 Å². The van der Waals surface area contributed by atoms with Gasteiger partial charge in [0.15, 0.2) is 5.65 Å². The smallest absolute Gasteiger partial charge is 0.254 e. The molecule has 0 bridgehead atoms. The molecule has 2 aliphatic rings. The highest BCUT2D eigenvalue weighted by atomic mass is 16.5.